The van der Waals surface area contributed by atoms with Crippen molar-refractivity contribution < 1.29 is 41.0 Å². The number of para-hydroxylation sites is 1. The summed E-state index contributed by atoms with van der Waals surface area (Å²) >= 11 is 1.36. The van der Waals surface area contributed by atoms with E-state index in [2.05, 4.69) is 15.2 Å². The number of alkyl carbamates (subject to hydrolysis) is 1. The van der Waals surface area contributed by atoms with Crippen LogP contribution in [0.1, 0.15) is 61.9 Å². The second-order valence-corrected chi connectivity index (χ2v) is 13.1. The number of rotatable bonds is 11. The van der Waals surface area contributed by atoms with Gasteiger partial charge in [-0.05, 0) is 80.1 Å². The van der Waals surface area contributed by atoms with Crippen LogP contribution in [-0.2, 0) is 32.6 Å². The summed E-state index contributed by atoms with van der Waals surface area (Å²) in [5.41, 5.74) is 2.62. The number of aliphatic imine (C=N–C) groups is 2. The molecule has 1 fully saturated rings. The van der Waals surface area contributed by atoms with E-state index in [1.165, 1.54) is 11.3 Å². The molecule has 1 N–H and O–H groups in total. The molecule has 0 aliphatic carbocycles. The minimum atomic E-state index is -1.55. The molecule has 0 spiro atoms. The summed E-state index contributed by atoms with van der Waals surface area (Å²) in [7, 11) is 0. The van der Waals surface area contributed by atoms with Crippen LogP contribution in [0.2, 0.25) is 0 Å². The average molecular weight is 709 g/mol. The standard InChI is InChI=1S/C37H40N4O5S.Ni/c1-37(2,3)46-36(45)40-32(27-20-22-47-24-27)33(35(43)44)39-31(26-15-8-5-9-16-26)28-17-10-11-18-29(28)38-34(42)30-19-12-21-41(30)23-25-13-6-4-7-14-25;/h4-11,13-18,20,22,24,30,32-33H,12,19,21,23H2,1-3H3,(H,38,42)(H,40,45)(H,43,44);/q;+2/p-2/t30-,32+,33-;/m0./s1. The summed E-state index contributed by atoms with van der Waals surface area (Å²) in [5.74, 6) is -1.75. The summed E-state index contributed by atoms with van der Waals surface area (Å²) in [6.45, 7) is 6.61. The van der Waals surface area contributed by atoms with Crippen LogP contribution in [-0.4, -0.2) is 52.8 Å². The molecule has 1 aromatic heterocycles. The van der Waals surface area contributed by atoms with Crippen LogP contribution in [0.5, 0.6) is 0 Å². The monoisotopic (exact) mass is 708 g/mol. The Balaban J connectivity index is 0.00000520. The molecular formula is C37H38N4NiO5S. The van der Waals surface area contributed by atoms with Gasteiger partial charge in [0.05, 0.1) is 23.4 Å². The first-order valence-electron chi connectivity index (χ1n) is 15.6. The van der Waals surface area contributed by atoms with E-state index in [-0.39, 0.29) is 28.4 Å². The van der Waals surface area contributed by atoms with Crippen LogP contribution in [0, 0.1) is 0 Å². The van der Waals surface area contributed by atoms with Crippen molar-refractivity contribution in [2.24, 2.45) is 9.98 Å². The van der Waals surface area contributed by atoms with Gasteiger partial charge in [0.25, 0.3) is 0 Å². The number of benzene rings is 3. The quantitative estimate of drug-likeness (QED) is 0.132. The van der Waals surface area contributed by atoms with Crippen molar-refractivity contribution >= 4 is 40.7 Å². The first-order valence-corrected chi connectivity index (χ1v) is 16.5. The van der Waals surface area contributed by atoms with Gasteiger partial charge in [0.15, 0.2) is 0 Å². The molecule has 9 nitrogen and oxygen atoms in total. The number of amides is 1. The van der Waals surface area contributed by atoms with E-state index < -0.39 is 29.7 Å². The SMILES string of the molecule is CC(C)(C)OC(=O)N[C@H](c1ccsc1)[C@H](N=C(c1ccccc1)c1ccccc1N=C([O-])[C@@H]1CCCN1Cc1ccccc1)C(=O)[O-].[Ni+2]. The molecule has 0 saturated carbocycles. The molecule has 1 amide bonds. The Morgan fingerprint density at radius 1 is 0.979 bits per heavy atom. The number of carbonyl (C=O) groups is 2. The van der Waals surface area contributed by atoms with Gasteiger partial charge in [0, 0.05) is 23.7 Å². The molecule has 0 radical (unpaired) electrons. The van der Waals surface area contributed by atoms with E-state index in [9.17, 15) is 19.8 Å². The molecule has 48 heavy (non-hydrogen) atoms. The molecule has 0 unspecified atom stereocenters. The third-order valence-electron chi connectivity index (χ3n) is 7.71. The van der Waals surface area contributed by atoms with Crippen LogP contribution in [0.25, 0.3) is 0 Å². The Labute approximate surface area is 295 Å². The fraction of sp³-hybridized carbons (Fsp3) is 0.297. The number of hydrogen-bond donors (Lipinski definition) is 1. The number of ether oxygens (including phenoxy) is 1. The number of thiophene rings is 1. The van der Waals surface area contributed by atoms with Crippen molar-refractivity contribution in [3.05, 3.63) is 124 Å². The largest absolute Gasteiger partial charge is 2.00 e. The minimum absolute atomic E-state index is 0. The van der Waals surface area contributed by atoms with Gasteiger partial charge in [-0.1, -0.05) is 78.9 Å². The fourth-order valence-electron chi connectivity index (χ4n) is 5.61. The van der Waals surface area contributed by atoms with E-state index in [1.54, 1.807) is 61.9 Å². The smallest absolute Gasteiger partial charge is 0.861 e. The third-order valence-corrected chi connectivity index (χ3v) is 8.42. The van der Waals surface area contributed by atoms with Gasteiger partial charge in [0.1, 0.15) is 11.6 Å². The van der Waals surface area contributed by atoms with Crippen molar-refractivity contribution in [2.75, 3.05) is 6.54 Å². The summed E-state index contributed by atoms with van der Waals surface area (Å²) in [4.78, 5) is 37.3. The van der Waals surface area contributed by atoms with Gasteiger partial charge in [-0.15, -0.1) is 0 Å². The first-order chi connectivity index (χ1) is 22.6. The Bertz CT molecular complexity index is 1710. The Hall–Kier alpha value is -4.31. The summed E-state index contributed by atoms with van der Waals surface area (Å²) in [6, 6.07) is 24.9. The van der Waals surface area contributed by atoms with Crippen molar-refractivity contribution in [2.45, 2.75) is 63.9 Å². The number of aliphatic carboxylic acids is 1. The number of carboxylic acids is 1. The molecule has 1 aliphatic rings. The second kappa shape index (κ2) is 16.7. The van der Waals surface area contributed by atoms with Gasteiger partial charge in [-0.3, -0.25) is 14.9 Å². The van der Waals surface area contributed by atoms with Crippen molar-refractivity contribution in [3.63, 3.8) is 0 Å². The van der Waals surface area contributed by atoms with Crippen LogP contribution >= 0.6 is 11.3 Å². The van der Waals surface area contributed by atoms with Gasteiger partial charge in [-0.2, -0.15) is 11.3 Å². The maximum Gasteiger partial charge on any atom is 2.00 e. The molecular weight excluding hydrogens is 671 g/mol. The van der Waals surface area contributed by atoms with Gasteiger partial charge >= 0.3 is 22.6 Å². The number of carboxylic acid groups (broad SMARTS) is 1. The molecule has 3 atom stereocenters. The topological polar surface area (TPSA) is 129 Å². The molecule has 1 saturated heterocycles. The molecule has 1 aliphatic heterocycles. The molecule has 2 heterocycles. The van der Waals surface area contributed by atoms with Gasteiger partial charge < -0.3 is 25.1 Å². The predicted molar refractivity (Wildman–Crippen MR) is 181 cm³/mol. The van der Waals surface area contributed by atoms with E-state index in [0.717, 1.165) is 18.5 Å². The minimum Gasteiger partial charge on any atom is -0.861 e. The van der Waals surface area contributed by atoms with Crippen LogP contribution < -0.4 is 15.5 Å². The molecule has 3 aromatic carbocycles. The number of likely N-dealkylation sites (tertiary alicyclic amines) is 1. The van der Waals surface area contributed by atoms with Crippen LogP contribution in [0.15, 0.2) is 112 Å². The van der Waals surface area contributed by atoms with Crippen LogP contribution in [0.4, 0.5) is 10.5 Å². The zero-order valence-electron chi connectivity index (χ0n) is 27.0. The van der Waals surface area contributed by atoms with E-state index in [0.29, 0.717) is 41.1 Å². The molecule has 252 valence electrons. The number of hydrogen-bond acceptors (Lipinski definition) is 9. The number of nitrogens with zero attached hydrogens (tertiary/aromatic N) is 3. The Kier molecular flexibility index (Phi) is 12.7. The average Bonchev–Trinajstić information content (AvgIpc) is 3.74. The Morgan fingerprint density at radius 3 is 2.29 bits per heavy atom. The summed E-state index contributed by atoms with van der Waals surface area (Å²) in [5, 5.41) is 32.8. The number of carbonyl (C=O) groups excluding carboxylic acids is 2. The maximum absolute atomic E-state index is 13.7. The molecule has 5 rings (SSSR count). The first kappa shape index (κ1) is 36.5. The second-order valence-electron chi connectivity index (χ2n) is 12.4. The van der Waals surface area contributed by atoms with E-state index in [1.807, 2.05) is 60.7 Å². The van der Waals surface area contributed by atoms with E-state index >= 15 is 0 Å². The van der Waals surface area contributed by atoms with Gasteiger partial charge in [0.2, 0.25) is 0 Å². The molecule has 4 aromatic rings. The third kappa shape index (κ3) is 9.63. The predicted octanol–water partition coefficient (Wildman–Crippen LogP) is 5.02. The Morgan fingerprint density at radius 2 is 1.65 bits per heavy atom. The molecule has 0 bridgehead atoms. The zero-order chi connectivity index (χ0) is 33.4. The van der Waals surface area contributed by atoms with E-state index in [4.69, 9.17) is 9.73 Å². The maximum atomic E-state index is 13.7. The van der Waals surface area contributed by atoms with Crippen LogP contribution in [0.3, 0.4) is 0 Å². The normalized spacial score (nSPS) is 16.9. The molecule has 11 heteroatoms. The number of nitrogens with one attached hydrogen (secondary N) is 1. The van der Waals surface area contributed by atoms with Crippen molar-refractivity contribution in [3.8, 4) is 0 Å². The summed E-state index contributed by atoms with van der Waals surface area (Å²) in [6.07, 6.45) is 0.801. The van der Waals surface area contributed by atoms with Gasteiger partial charge in [-0.25, -0.2) is 4.79 Å². The fourth-order valence-corrected chi connectivity index (χ4v) is 6.30. The summed E-state index contributed by atoms with van der Waals surface area (Å²) < 4.78 is 5.46. The van der Waals surface area contributed by atoms with Crippen molar-refractivity contribution in [1.82, 2.24) is 10.2 Å². The zero-order valence-corrected chi connectivity index (χ0v) is 28.8. The van der Waals surface area contributed by atoms with Crippen molar-refractivity contribution in [1.29, 1.82) is 0 Å².